The minimum absolute atomic E-state index is 0.00558. The highest BCUT2D eigenvalue weighted by Gasteiger charge is 2.26. The van der Waals surface area contributed by atoms with Gasteiger partial charge in [0.1, 0.15) is 11.9 Å². The van der Waals surface area contributed by atoms with Crippen LogP contribution in [-0.4, -0.2) is 12.1 Å². The summed E-state index contributed by atoms with van der Waals surface area (Å²) in [5.74, 6) is -0.133. The molecule has 3 rings (SSSR count). The van der Waals surface area contributed by atoms with Gasteiger partial charge in [0.25, 0.3) is 0 Å². The first kappa shape index (κ1) is 3.16. The number of fused-ring (bicyclic) bond motifs is 2. The fourth-order valence-corrected chi connectivity index (χ4v) is 1.36. The van der Waals surface area contributed by atoms with E-state index in [1.165, 1.54) is 0 Å². The molecule has 0 saturated heterocycles. The average molecular weight is 193 g/mol. The van der Waals surface area contributed by atoms with Crippen LogP contribution in [0.15, 0.2) is 48.4 Å². The van der Waals surface area contributed by atoms with Crippen LogP contribution in [0, 0.1) is 0 Å². The molecule has 1 aromatic carbocycles. The van der Waals surface area contributed by atoms with Gasteiger partial charge in [0, 0.05) is 0 Å². The maximum absolute atomic E-state index is 7.90. The topological polar surface area (TPSA) is 21.3 Å². The number of hydrogen-bond donors (Lipinski definition) is 1. The first-order chi connectivity index (χ1) is 10.3. The Morgan fingerprint density at radius 3 is 3.07 bits per heavy atom. The third-order valence-corrected chi connectivity index (χ3v) is 2.01. The zero-order chi connectivity index (χ0) is 16.3. The second-order valence-electron chi connectivity index (χ2n) is 2.90. The molecule has 1 aliphatic heterocycles. The summed E-state index contributed by atoms with van der Waals surface area (Å²) in [5, 5.41) is 2.77. The molecule has 2 atom stereocenters. The van der Waals surface area contributed by atoms with Gasteiger partial charge >= 0.3 is 0 Å². The third kappa shape index (κ3) is 1.11. The molecule has 0 saturated carbocycles. The second kappa shape index (κ2) is 2.91. The van der Waals surface area contributed by atoms with Gasteiger partial charge in [-0.25, -0.2) is 0 Å². The molecule has 0 amide bonds. The number of allylic oxidation sites excluding steroid dienone is 2. The van der Waals surface area contributed by atoms with E-state index in [0.717, 1.165) is 0 Å². The standard InChI is InChI=1S/C12H11NO/c1-3-7-11-9(5-1)13-10-6-2-4-8-12(10)14-11/h1-9,11,13H/i1D,2D,3D,4D,5D,6D,7D,8D. The summed E-state index contributed by atoms with van der Waals surface area (Å²) in [4.78, 5) is 0. The smallest absolute Gasteiger partial charge is 0.143 e. The van der Waals surface area contributed by atoms with Crippen molar-refractivity contribution in [2.24, 2.45) is 0 Å². The van der Waals surface area contributed by atoms with E-state index in [4.69, 9.17) is 15.7 Å². The summed E-state index contributed by atoms with van der Waals surface area (Å²) in [6.07, 6.45) is -1.07. The molecule has 1 N–H and O–H groups in total. The van der Waals surface area contributed by atoms with E-state index < -0.39 is 36.3 Å². The van der Waals surface area contributed by atoms with Gasteiger partial charge in [0.15, 0.2) is 0 Å². The van der Waals surface area contributed by atoms with E-state index in [2.05, 4.69) is 5.32 Å². The van der Waals surface area contributed by atoms with Crippen LogP contribution >= 0.6 is 0 Å². The average Bonchev–Trinajstić information content (AvgIpc) is 2.52. The Balaban J connectivity index is 2.20. The van der Waals surface area contributed by atoms with Gasteiger partial charge in [0.05, 0.1) is 22.7 Å². The Kier molecular flexibility index (Phi) is 0.656. The largest absolute Gasteiger partial charge is 0.482 e. The van der Waals surface area contributed by atoms with Crippen molar-refractivity contribution in [1.82, 2.24) is 0 Å². The highest BCUT2D eigenvalue weighted by molar-refractivity contribution is 5.60. The molecule has 1 aliphatic carbocycles. The number of rotatable bonds is 0. The van der Waals surface area contributed by atoms with Crippen LogP contribution in [0.3, 0.4) is 0 Å². The molecule has 0 bridgehead atoms. The summed E-state index contributed by atoms with van der Waals surface area (Å²) >= 11 is 0. The number of para-hydroxylation sites is 2. The molecule has 2 heteroatoms. The molecular formula is C12H11NO. The summed E-state index contributed by atoms with van der Waals surface area (Å²) in [6.45, 7) is 0. The van der Waals surface area contributed by atoms with E-state index in [0.29, 0.717) is 0 Å². The van der Waals surface area contributed by atoms with Crippen molar-refractivity contribution >= 4 is 5.69 Å². The molecular weight excluding hydrogens is 174 g/mol. The molecule has 70 valence electrons. The van der Waals surface area contributed by atoms with Gasteiger partial charge in [-0.2, -0.15) is 0 Å². The first-order valence-electron chi connectivity index (χ1n) is 8.14. The monoisotopic (exact) mass is 193 g/mol. The van der Waals surface area contributed by atoms with E-state index in [-0.39, 0.29) is 35.6 Å². The lowest BCUT2D eigenvalue weighted by Gasteiger charge is -2.32. The van der Waals surface area contributed by atoms with Crippen LogP contribution in [0.25, 0.3) is 0 Å². The van der Waals surface area contributed by atoms with Crippen molar-refractivity contribution in [3.63, 3.8) is 0 Å². The van der Waals surface area contributed by atoms with Gasteiger partial charge in [-0.15, -0.1) is 0 Å². The maximum Gasteiger partial charge on any atom is 0.143 e. The number of anilines is 1. The molecule has 0 spiro atoms. The Labute approximate surface area is 94.1 Å². The molecule has 1 aromatic rings. The van der Waals surface area contributed by atoms with Crippen LogP contribution in [0.1, 0.15) is 11.0 Å². The van der Waals surface area contributed by atoms with Crippen molar-refractivity contribution in [2.75, 3.05) is 5.32 Å². The first-order valence-corrected chi connectivity index (χ1v) is 4.14. The molecule has 14 heavy (non-hydrogen) atoms. The van der Waals surface area contributed by atoms with Crippen molar-refractivity contribution in [1.29, 1.82) is 0 Å². The maximum atomic E-state index is 7.90. The Morgan fingerprint density at radius 2 is 2.07 bits per heavy atom. The summed E-state index contributed by atoms with van der Waals surface area (Å²) in [7, 11) is 0. The lowest BCUT2D eigenvalue weighted by atomic mass is 10.0. The summed E-state index contributed by atoms with van der Waals surface area (Å²) in [6, 6.07) is -3.89. The Bertz CT molecular complexity index is 693. The molecule has 0 radical (unpaired) electrons. The lowest BCUT2D eigenvalue weighted by Crippen LogP contribution is -2.39. The highest BCUT2D eigenvalue weighted by Crippen LogP contribution is 2.32. The van der Waals surface area contributed by atoms with Crippen molar-refractivity contribution in [3.8, 4) is 5.75 Å². The normalized spacial score (nSPS) is 38.0. The minimum atomic E-state index is -1.07. The lowest BCUT2D eigenvalue weighted by molar-refractivity contribution is 0.229. The second-order valence-corrected chi connectivity index (χ2v) is 2.90. The molecule has 2 unspecified atom stereocenters. The van der Waals surface area contributed by atoms with Crippen LogP contribution in [0.5, 0.6) is 5.75 Å². The van der Waals surface area contributed by atoms with Crippen LogP contribution in [0.2, 0.25) is 0 Å². The van der Waals surface area contributed by atoms with E-state index in [1.54, 1.807) is 0 Å². The summed E-state index contributed by atoms with van der Waals surface area (Å²) in [5.41, 5.74) is 0.00558. The Morgan fingerprint density at radius 1 is 1.21 bits per heavy atom. The quantitative estimate of drug-likeness (QED) is 0.683. The fraction of sp³-hybridized carbons (Fsp3) is 0.167. The predicted octanol–water partition coefficient (Wildman–Crippen LogP) is 2.35. The van der Waals surface area contributed by atoms with Crippen LogP contribution in [0.4, 0.5) is 5.69 Å². The van der Waals surface area contributed by atoms with Gasteiger partial charge in [-0.1, -0.05) is 30.2 Å². The third-order valence-electron chi connectivity index (χ3n) is 2.01. The Hall–Kier alpha value is -1.70. The predicted molar refractivity (Wildman–Crippen MR) is 56.5 cm³/mol. The fourth-order valence-electron chi connectivity index (χ4n) is 1.36. The summed E-state index contributed by atoms with van der Waals surface area (Å²) < 4.78 is 67.6. The minimum Gasteiger partial charge on any atom is -0.482 e. The van der Waals surface area contributed by atoms with Crippen molar-refractivity contribution < 1.29 is 15.7 Å². The van der Waals surface area contributed by atoms with E-state index >= 15 is 0 Å². The van der Waals surface area contributed by atoms with Gasteiger partial charge in [-0.05, 0) is 18.1 Å². The van der Waals surface area contributed by atoms with Crippen molar-refractivity contribution in [3.05, 3.63) is 48.4 Å². The van der Waals surface area contributed by atoms with Gasteiger partial charge in [0.2, 0.25) is 0 Å². The highest BCUT2D eigenvalue weighted by atomic mass is 16.5. The van der Waals surface area contributed by atoms with E-state index in [9.17, 15) is 0 Å². The van der Waals surface area contributed by atoms with Crippen LogP contribution in [-0.2, 0) is 0 Å². The van der Waals surface area contributed by atoms with Crippen molar-refractivity contribution in [2.45, 2.75) is 12.1 Å². The van der Waals surface area contributed by atoms with Crippen LogP contribution < -0.4 is 10.1 Å². The molecule has 1 heterocycles. The SMILES string of the molecule is [2H]C1=C([2H])C2Nc3c([2H])c([2H])c([2H])c([2H])c3OC2C([2H])=C1[2H]. The zero-order valence-electron chi connectivity index (χ0n) is 15.1. The zero-order valence-corrected chi connectivity index (χ0v) is 7.06. The molecule has 0 aromatic heterocycles. The molecule has 2 aliphatic rings. The number of ether oxygens (including phenoxy) is 1. The van der Waals surface area contributed by atoms with Gasteiger partial charge in [-0.3, -0.25) is 0 Å². The number of benzene rings is 1. The number of hydrogen-bond acceptors (Lipinski definition) is 2. The van der Waals surface area contributed by atoms with Gasteiger partial charge < -0.3 is 10.1 Å². The van der Waals surface area contributed by atoms with E-state index in [1.807, 2.05) is 0 Å². The molecule has 0 fully saturated rings. The number of nitrogens with one attached hydrogen (secondary N) is 1. The molecule has 2 nitrogen and oxygen atoms in total.